The minimum atomic E-state index is 0.359. The first-order chi connectivity index (χ1) is 6.88. The van der Waals surface area contributed by atoms with Crippen LogP contribution >= 0.6 is 11.6 Å². The molecule has 0 amide bonds. The lowest BCUT2D eigenvalue weighted by Crippen LogP contribution is -1.75. The van der Waals surface area contributed by atoms with E-state index in [-0.39, 0.29) is 0 Å². The van der Waals surface area contributed by atoms with Crippen LogP contribution in [-0.2, 0) is 5.88 Å². The van der Waals surface area contributed by atoms with Crippen LogP contribution in [0.15, 0.2) is 33.5 Å². The third-order valence-electron chi connectivity index (χ3n) is 1.64. The van der Waals surface area contributed by atoms with Gasteiger partial charge in [0.15, 0.2) is 0 Å². The first kappa shape index (κ1) is 9.09. The minimum Gasteiger partial charge on any atom is -0.465 e. The third kappa shape index (κ3) is 2.06. The van der Waals surface area contributed by atoms with Crippen molar-refractivity contribution in [1.82, 2.24) is 4.98 Å². The molecule has 0 aliphatic rings. The van der Waals surface area contributed by atoms with Gasteiger partial charge in [-0.1, -0.05) is 0 Å². The Morgan fingerprint density at radius 2 is 2.29 bits per heavy atom. The standard InChI is InChI=1S/C10H8ClNO2/c11-6-8-7-14-10(12-8)4-3-9-2-1-5-13-9/h1-5,7H,6H2/b4-3+. The molecule has 0 aromatic carbocycles. The molecule has 0 saturated carbocycles. The number of oxazole rings is 1. The average Bonchev–Trinajstić information content (AvgIpc) is 2.86. The highest BCUT2D eigenvalue weighted by atomic mass is 35.5. The molecule has 0 spiro atoms. The smallest absolute Gasteiger partial charge is 0.218 e. The summed E-state index contributed by atoms with van der Waals surface area (Å²) < 4.78 is 10.2. The zero-order valence-electron chi connectivity index (χ0n) is 7.31. The molecule has 0 radical (unpaired) electrons. The Bertz CT molecular complexity index is 417. The van der Waals surface area contributed by atoms with E-state index in [1.54, 1.807) is 18.4 Å². The van der Waals surface area contributed by atoms with Crippen LogP contribution in [0.25, 0.3) is 12.2 Å². The molecule has 0 bridgehead atoms. The van der Waals surface area contributed by atoms with Crippen molar-refractivity contribution in [3.63, 3.8) is 0 Å². The number of rotatable bonds is 3. The number of halogens is 1. The van der Waals surface area contributed by atoms with Crippen molar-refractivity contribution in [2.45, 2.75) is 5.88 Å². The number of hydrogen-bond acceptors (Lipinski definition) is 3. The van der Waals surface area contributed by atoms with Gasteiger partial charge in [0, 0.05) is 6.08 Å². The van der Waals surface area contributed by atoms with E-state index in [0.717, 1.165) is 11.5 Å². The molecular formula is C10H8ClNO2. The fourth-order valence-corrected chi connectivity index (χ4v) is 1.12. The van der Waals surface area contributed by atoms with Crippen LogP contribution in [-0.4, -0.2) is 4.98 Å². The normalized spacial score (nSPS) is 11.2. The highest BCUT2D eigenvalue weighted by molar-refractivity contribution is 6.16. The maximum atomic E-state index is 5.57. The molecule has 2 aromatic heterocycles. The summed E-state index contributed by atoms with van der Waals surface area (Å²) >= 11 is 5.57. The van der Waals surface area contributed by atoms with Crippen molar-refractivity contribution < 1.29 is 8.83 Å². The predicted molar refractivity (Wildman–Crippen MR) is 53.7 cm³/mol. The zero-order chi connectivity index (χ0) is 9.80. The second-order valence-corrected chi connectivity index (χ2v) is 2.93. The van der Waals surface area contributed by atoms with E-state index < -0.39 is 0 Å². The van der Waals surface area contributed by atoms with Crippen molar-refractivity contribution in [1.29, 1.82) is 0 Å². The molecule has 0 atom stereocenters. The van der Waals surface area contributed by atoms with E-state index in [9.17, 15) is 0 Å². The number of nitrogens with zero attached hydrogens (tertiary/aromatic N) is 1. The van der Waals surface area contributed by atoms with Gasteiger partial charge in [-0.2, -0.15) is 0 Å². The van der Waals surface area contributed by atoms with E-state index in [1.807, 2.05) is 12.1 Å². The Labute approximate surface area is 86.0 Å². The number of hydrogen-bond donors (Lipinski definition) is 0. The quantitative estimate of drug-likeness (QED) is 0.729. The Kier molecular flexibility index (Phi) is 2.70. The van der Waals surface area contributed by atoms with Crippen LogP contribution in [0.5, 0.6) is 0 Å². The van der Waals surface area contributed by atoms with Gasteiger partial charge in [0.25, 0.3) is 0 Å². The fraction of sp³-hybridized carbons (Fsp3) is 0.100. The van der Waals surface area contributed by atoms with Crippen molar-refractivity contribution in [3.8, 4) is 0 Å². The second-order valence-electron chi connectivity index (χ2n) is 2.66. The lowest BCUT2D eigenvalue weighted by atomic mass is 10.4. The molecule has 0 saturated heterocycles. The Morgan fingerprint density at radius 1 is 1.36 bits per heavy atom. The average molecular weight is 210 g/mol. The van der Waals surface area contributed by atoms with Crippen LogP contribution in [0.4, 0.5) is 0 Å². The van der Waals surface area contributed by atoms with Crippen LogP contribution in [0.1, 0.15) is 17.3 Å². The zero-order valence-corrected chi connectivity index (χ0v) is 8.07. The maximum absolute atomic E-state index is 5.57. The lowest BCUT2D eigenvalue weighted by molar-refractivity contribution is 0.544. The van der Waals surface area contributed by atoms with Gasteiger partial charge in [0.05, 0.1) is 17.8 Å². The maximum Gasteiger partial charge on any atom is 0.218 e. The number of alkyl halides is 1. The first-order valence-electron chi connectivity index (χ1n) is 4.10. The third-order valence-corrected chi connectivity index (χ3v) is 1.91. The molecule has 2 heterocycles. The Balaban J connectivity index is 2.10. The molecule has 72 valence electrons. The second kappa shape index (κ2) is 4.15. The van der Waals surface area contributed by atoms with Crippen molar-refractivity contribution in [2.24, 2.45) is 0 Å². The van der Waals surface area contributed by atoms with Gasteiger partial charge in [-0.05, 0) is 18.2 Å². The first-order valence-corrected chi connectivity index (χ1v) is 4.64. The van der Waals surface area contributed by atoms with E-state index >= 15 is 0 Å². The Morgan fingerprint density at radius 3 is 2.93 bits per heavy atom. The summed E-state index contributed by atoms with van der Waals surface area (Å²) in [5.41, 5.74) is 0.728. The van der Waals surface area contributed by atoms with Crippen LogP contribution in [0.2, 0.25) is 0 Å². The summed E-state index contributed by atoms with van der Waals surface area (Å²) in [5, 5.41) is 0. The molecule has 2 rings (SSSR count). The van der Waals surface area contributed by atoms with Gasteiger partial charge >= 0.3 is 0 Å². The van der Waals surface area contributed by atoms with Gasteiger partial charge < -0.3 is 8.83 Å². The summed E-state index contributed by atoms with van der Waals surface area (Å²) in [6.45, 7) is 0. The van der Waals surface area contributed by atoms with Gasteiger partial charge in [-0.15, -0.1) is 11.6 Å². The highest BCUT2D eigenvalue weighted by Gasteiger charge is 1.98. The van der Waals surface area contributed by atoms with Crippen LogP contribution < -0.4 is 0 Å². The topological polar surface area (TPSA) is 39.2 Å². The number of furan rings is 1. The SMILES string of the molecule is ClCc1coc(/C=C/c2ccco2)n1. The summed E-state index contributed by atoms with van der Waals surface area (Å²) in [6, 6.07) is 3.67. The van der Waals surface area contributed by atoms with Crippen LogP contribution in [0, 0.1) is 0 Å². The molecule has 14 heavy (non-hydrogen) atoms. The van der Waals surface area contributed by atoms with E-state index in [4.69, 9.17) is 20.4 Å². The van der Waals surface area contributed by atoms with Crippen molar-refractivity contribution >= 4 is 23.8 Å². The van der Waals surface area contributed by atoms with E-state index in [2.05, 4.69) is 4.98 Å². The molecule has 2 aromatic rings. The molecule has 3 nitrogen and oxygen atoms in total. The Hall–Kier alpha value is -1.48. The van der Waals surface area contributed by atoms with Gasteiger partial charge in [-0.25, -0.2) is 4.98 Å². The molecule has 0 fully saturated rings. The largest absolute Gasteiger partial charge is 0.465 e. The molecule has 4 heteroatoms. The molecule has 0 N–H and O–H groups in total. The summed E-state index contributed by atoms with van der Waals surface area (Å²) in [4.78, 5) is 4.10. The highest BCUT2D eigenvalue weighted by Crippen LogP contribution is 2.09. The summed E-state index contributed by atoms with van der Waals surface area (Å²) in [7, 11) is 0. The van der Waals surface area contributed by atoms with E-state index in [0.29, 0.717) is 11.8 Å². The number of aromatic nitrogens is 1. The molecular weight excluding hydrogens is 202 g/mol. The molecule has 0 aliphatic carbocycles. The lowest BCUT2D eigenvalue weighted by Gasteiger charge is -1.82. The van der Waals surface area contributed by atoms with Crippen LogP contribution in [0.3, 0.4) is 0 Å². The van der Waals surface area contributed by atoms with Gasteiger partial charge in [0.1, 0.15) is 12.0 Å². The summed E-state index contributed by atoms with van der Waals surface area (Å²) in [6.07, 6.45) is 6.66. The van der Waals surface area contributed by atoms with Gasteiger partial charge in [0.2, 0.25) is 5.89 Å². The monoisotopic (exact) mass is 209 g/mol. The minimum absolute atomic E-state index is 0.359. The predicted octanol–water partition coefficient (Wildman–Crippen LogP) is 3.18. The molecule has 0 aliphatic heterocycles. The van der Waals surface area contributed by atoms with Crippen molar-refractivity contribution in [2.75, 3.05) is 0 Å². The molecule has 0 unspecified atom stereocenters. The fourth-order valence-electron chi connectivity index (χ4n) is 1.00. The summed E-state index contributed by atoms with van der Waals surface area (Å²) in [5.74, 6) is 1.64. The van der Waals surface area contributed by atoms with Gasteiger partial charge in [-0.3, -0.25) is 0 Å². The van der Waals surface area contributed by atoms with Crippen molar-refractivity contribution in [3.05, 3.63) is 42.0 Å². The van der Waals surface area contributed by atoms with E-state index in [1.165, 1.54) is 6.26 Å².